The molecule has 0 atom stereocenters. The standard InChI is InChI=1S/C14H19BrFNO3S/c15-11-5-6-13(12(16)9-11)21(19,20)17-10-14(18)7-3-1-2-4-8-14/h5-6,9,17-18H,1-4,7-8,10H2. The maximum absolute atomic E-state index is 13.8. The third kappa shape index (κ3) is 4.48. The van der Waals surface area contributed by atoms with Crippen LogP contribution in [0.1, 0.15) is 38.5 Å². The Kier molecular flexibility index (Phi) is 5.40. The molecule has 0 heterocycles. The molecule has 0 aliphatic heterocycles. The molecule has 4 nitrogen and oxygen atoms in total. The van der Waals surface area contributed by atoms with Gasteiger partial charge in [0.15, 0.2) is 0 Å². The smallest absolute Gasteiger partial charge is 0.243 e. The van der Waals surface area contributed by atoms with E-state index in [-0.39, 0.29) is 6.54 Å². The average molecular weight is 380 g/mol. The molecule has 1 aromatic carbocycles. The molecule has 1 saturated carbocycles. The molecule has 21 heavy (non-hydrogen) atoms. The third-order valence-electron chi connectivity index (χ3n) is 3.81. The van der Waals surface area contributed by atoms with Crippen LogP contribution in [0.4, 0.5) is 4.39 Å². The highest BCUT2D eigenvalue weighted by Crippen LogP contribution is 2.27. The van der Waals surface area contributed by atoms with E-state index in [4.69, 9.17) is 0 Å². The maximum atomic E-state index is 13.8. The first-order valence-corrected chi connectivity index (χ1v) is 9.27. The molecular formula is C14H19BrFNO3S. The van der Waals surface area contributed by atoms with Crippen molar-refractivity contribution in [2.45, 2.75) is 49.0 Å². The molecular weight excluding hydrogens is 361 g/mol. The lowest BCUT2D eigenvalue weighted by atomic mass is 9.95. The van der Waals surface area contributed by atoms with Gasteiger partial charge < -0.3 is 5.11 Å². The second kappa shape index (κ2) is 6.73. The Balaban J connectivity index is 2.10. The number of benzene rings is 1. The molecule has 0 spiro atoms. The van der Waals surface area contributed by atoms with E-state index in [1.807, 2.05) is 0 Å². The van der Waals surface area contributed by atoms with Gasteiger partial charge in [0.1, 0.15) is 10.7 Å². The molecule has 1 fully saturated rings. The summed E-state index contributed by atoms with van der Waals surface area (Å²) in [5, 5.41) is 10.4. The lowest BCUT2D eigenvalue weighted by molar-refractivity contribution is 0.0303. The van der Waals surface area contributed by atoms with Crippen molar-refractivity contribution in [3.63, 3.8) is 0 Å². The Morgan fingerprint density at radius 2 is 1.86 bits per heavy atom. The highest BCUT2D eigenvalue weighted by Gasteiger charge is 2.30. The molecule has 0 bridgehead atoms. The van der Waals surface area contributed by atoms with Gasteiger partial charge in [-0.1, -0.05) is 41.6 Å². The van der Waals surface area contributed by atoms with Crippen molar-refractivity contribution >= 4 is 26.0 Å². The monoisotopic (exact) mass is 379 g/mol. The van der Waals surface area contributed by atoms with Crippen LogP contribution in [0, 0.1) is 5.82 Å². The molecule has 0 unspecified atom stereocenters. The van der Waals surface area contributed by atoms with Gasteiger partial charge in [-0.05, 0) is 31.0 Å². The quantitative estimate of drug-likeness (QED) is 0.790. The zero-order valence-corrected chi connectivity index (χ0v) is 14.0. The van der Waals surface area contributed by atoms with Gasteiger partial charge in [0.25, 0.3) is 0 Å². The summed E-state index contributed by atoms with van der Waals surface area (Å²) in [6.07, 6.45) is 5.00. The predicted octanol–water partition coefficient (Wildman–Crippen LogP) is 2.95. The van der Waals surface area contributed by atoms with Gasteiger partial charge in [-0.25, -0.2) is 17.5 Å². The SMILES string of the molecule is O=S(=O)(NCC1(O)CCCCCC1)c1ccc(Br)cc1F. The minimum atomic E-state index is -3.96. The Bertz CT molecular complexity index is 598. The first kappa shape index (κ1) is 16.9. The Labute approximate surface area is 132 Å². The number of nitrogens with one attached hydrogen (secondary N) is 1. The fraction of sp³-hybridized carbons (Fsp3) is 0.571. The predicted molar refractivity (Wildman–Crippen MR) is 81.9 cm³/mol. The van der Waals surface area contributed by atoms with Crippen LogP contribution in [-0.4, -0.2) is 25.7 Å². The van der Waals surface area contributed by atoms with Crippen molar-refractivity contribution in [2.75, 3.05) is 6.54 Å². The highest BCUT2D eigenvalue weighted by molar-refractivity contribution is 9.10. The highest BCUT2D eigenvalue weighted by atomic mass is 79.9. The van der Waals surface area contributed by atoms with E-state index < -0.39 is 26.3 Å². The fourth-order valence-corrected chi connectivity index (χ4v) is 4.07. The first-order valence-electron chi connectivity index (χ1n) is 7.00. The van der Waals surface area contributed by atoms with Crippen molar-refractivity contribution < 1.29 is 17.9 Å². The number of hydrogen-bond acceptors (Lipinski definition) is 3. The second-order valence-electron chi connectivity index (χ2n) is 5.54. The summed E-state index contributed by atoms with van der Waals surface area (Å²) in [5.41, 5.74) is -1.03. The number of sulfonamides is 1. The van der Waals surface area contributed by atoms with Crippen LogP contribution in [0.15, 0.2) is 27.6 Å². The third-order valence-corrected chi connectivity index (χ3v) is 5.74. The minimum absolute atomic E-state index is 0.0785. The van der Waals surface area contributed by atoms with Crippen LogP contribution in [-0.2, 0) is 10.0 Å². The molecule has 0 amide bonds. The van der Waals surface area contributed by atoms with Gasteiger partial charge in [-0.15, -0.1) is 0 Å². The van der Waals surface area contributed by atoms with Crippen LogP contribution >= 0.6 is 15.9 Å². The lowest BCUT2D eigenvalue weighted by Gasteiger charge is -2.26. The van der Waals surface area contributed by atoms with E-state index in [1.54, 1.807) is 0 Å². The topological polar surface area (TPSA) is 66.4 Å². The molecule has 2 N–H and O–H groups in total. The Morgan fingerprint density at radius 3 is 2.43 bits per heavy atom. The summed E-state index contributed by atoms with van der Waals surface area (Å²) in [7, 11) is -3.96. The van der Waals surface area contributed by atoms with E-state index in [2.05, 4.69) is 20.7 Å². The van der Waals surface area contributed by atoms with Crippen molar-refractivity contribution in [3.8, 4) is 0 Å². The molecule has 0 radical (unpaired) electrons. The van der Waals surface area contributed by atoms with Crippen molar-refractivity contribution in [1.82, 2.24) is 4.72 Å². The van der Waals surface area contributed by atoms with Crippen molar-refractivity contribution in [3.05, 3.63) is 28.5 Å². The van der Waals surface area contributed by atoms with Gasteiger partial charge >= 0.3 is 0 Å². The number of halogens is 2. The van der Waals surface area contributed by atoms with Crippen LogP contribution in [0.3, 0.4) is 0 Å². The largest absolute Gasteiger partial charge is 0.389 e. The molecule has 1 aromatic rings. The summed E-state index contributed by atoms with van der Waals surface area (Å²) in [6.45, 7) is -0.0785. The molecule has 1 aliphatic rings. The van der Waals surface area contributed by atoms with Crippen molar-refractivity contribution in [2.24, 2.45) is 0 Å². The van der Waals surface area contributed by atoms with Gasteiger partial charge in [0, 0.05) is 11.0 Å². The fourth-order valence-electron chi connectivity index (χ4n) is 2.56. The van der Waals surface area contributed by atoms with Gasteiger partial charge in [0.2, 0.25) is 10.0 Å². The maximum Gasteiger partial charge on any atom is 0.243 e. The van der Waals surface area contributed by atoms with Gasteiger partial charge in [0.05, 0.1) is 5.60 Å². The summed E-state index contributed by atoms with van der Waals surface area (Å²) < 4.78 is 40.9. The number of aliphatic hydroxyl groups is 1. The van der Waals surface area contributed by atoms with Gasteiger partial charge in [-0.3, -0.25) is 0 Å². The summed E-state index contributed by atoms with van der Waals surface area (Å²) in [5.74, 6) is -0.815. The molecule has 0 aromatic heterocycles. The van der Waals surface area contributed by atoms with Crippen LogP contribution < -0.4 is 4.72 Å². The second-order valence-corrected chi connectivity index (χ2v) is 8.19. The first-order chi connectivity index (χ1) is 9.82. The number of hydrogen-bond donors (Lipinski definition) is 2. The minimum Gasteiger partial charge on any atom is -0.389 e. The molecule has 118 valence electrons. The Morgan fingerprint density at radius 1 is 1.24 bits per heavy atom. The Hall–Kier alpha value is -0.500. The zero-order valence-electron chi connectivity index (χ0n) is 11.6. The van der Waals surface area contributed by atoms with E-state index in [0.29, 0.717) is 17.3 Å². The summed E-state index contributed by atoms with van der Waals surface area (Å²) >= 11 is 3.09. The van der Waals surface area contributed by atoms with Gasteiger partial charge in [-0.2, -0.15) is 0 Å². The zero-order chi connectivity index (χ0) is 15.5. The molecule has 1 aliphatic carbocycles. The summed E-state index contributed by atoms with van der Waals surface area (Å²) in [6, 6.07) is 3.78. The molecule has 2 rings (SSSR count). The molecule has 7 heteroatoms. The average Bonchev–Trinajstić information content (AvgIpc) is 2.62. The van der Waals surface area contributed by atoms with E-state index >= 15 is 0 Å². The van der Waals surface area contributed by atoms with E-state index in [0.717, 1.165) is 31.7 Å². The van der Waals surface area contributed by atoms with Crippen LogP contribution in [0.25, 0.3) is 0 Å². The van der Waals surface area contributed by atoms with Crippen LogP contribution in [0.2, 0.25) is 0 Å². The lowest BCUT2D eigenvalue weighted by Crippen LogP contribution is -2.42. The number of rotatable bonds is 4. The van der Waals surface area contributed by atoms with E-state index in [1.165, 1.54) is 12.1 Å². The molecule has 0 saturated heterocycles. The summed E-state index contributed by atoms with van der Waals surface area (Å²) in [4.78, 5) is -0.400. The van der Waals surface area contributed by atoms with Crippen molar-refractivity contribution in [1.29, 1.82) is 0 Å². The van der Waals surface area contributed by atoms with E-state index in [9.17, 15) is 17.9 Å². The normalized spacial score (nSPS) is 19.2. The van der Waals surface area contributed by atoms with Crippen LogP contribution in [0.5, 0.6) is 0 Å².